The third-order valence-electron chi connectivity index (χ3n) is 5.41. The molecular formula is C24H33N4O3+. The Labute approximate surface area is 184 Å². The average molecular weight is 426 g/mol. The van der Waals surface area contributed by atoms with Gasteiger partial charge in [0.15, 0.2) is 0 Å². The molecule has 2 aromatic carbocycles. The molecule has 0 bridgehead atoms. The van der Waals surface area contributed by atoms with Crippen LogP contribution in [0.25, 0.3) is 0 Å². The molecule has 2 amide bonds. The minimum atomic E-state index is -0.325. The number of hydrogen-bond donors (Lipinski definition) is 3. The van der Waals surface area contributed by atoms with Crippen molar-refractivity contribution in [2.45, 2.75) is 33.0 Å². The van der Waals surface area contributed by atoms with E-state index in [1.165, 1.54) is 10.6 Å². The van der Waals surface area contributed by atoms with Crippen LogP contribution in [0.3, 0.4) is 0 Å². The van der Waals surface area contributed by atoms with Crippen molar-refractivity contribution in [3.63, 3.8) is 0 Å². The van der Waals surface area contributed by atoms with Gasteiger partial charge in [0.2, 0.25) is 5.91 Å². The van der Waals surface area contributed by atoms with Crippen LogP contribution in [0.15, 0.2) is 54.6 Å². The van der Waals surface area contributed by atoms with E-state index in [2.05, 4.69) is 40.0 Å². The van der Waals surface area contributed by atoms with Crippen LogP contribution in [0.4, 0.5) is 5.69 Å². The molecule has 3 rings (SSSR count). The lowest BCUT2D eigenvalue weighted by atomic mass is 10.1. The minimum Gasteiger partial charge on any atom is -0.374 e. The number of hydrogen-bond acceptors (Lipinski definition) is 4. The van der Waals surface area contributed by atoms with Gasteiger partial charge in [-0.05, 0) is 43.7 Å². The van der Waals surface area contributed by atoms with Gasteiger partial charge in [0.1, 0.15) is 0 Å². The zero-order valence-corrected chi connectivity index (χ0v) is 18.4. The van der Waals surface area contributed by atoms with Crippen molar-refractivity contribution in [2.75, 3.05) is 37.6 Å². The number of carbonyl (C=O) groups is 2. The van der Waals surface area contributed by atoms with Gasteiger partial charge in [-0.2, -0.15) is 0 Å². The zero-order valence-electron chi connectivity index (χ0n) is 18.4. The average Bonchev–Trinajstić information content (AvgIpc) is 2.81. The molecule has 1 fully saturated rings. The van der Waals surface area contributed by atoms with Crippen LogP contribution in [0, 0.1) is 0 Å². The Morgan fingerprint density at radius 3 is 2.32 bits per heavy atom. The Hall–Kier alpha value is -2.90. The highest BCUT2D eigenvalue weighted by molar-refractivity contribution is 5.95. The molecule has 0 radical (unpaired) electrons. The molecule has 7 heteroatoms. The zero-order chi connectivity index (χ0) is 22.1. The molecule has 0 aromatic heterocycles. The van der Waals surface area contributed by atoms with E-state index in [1.54, 1.807) is 12.1 Å². The molecule has 2 aromatic rings. The molecular weight excluding hydrogens is 392 g/mol. The van der Waals surface area contributed by atoms with E-state index < -0.39 is 0 Å². The number of rotatable bonds is 8. The van der Waals surface area contributed by atoms with Crippen molar-refractivity contribution in [3.8, 4) is 0 Å². The van der Waals surface area contributed by atoms with Crippen molar-refractivity contribution in [3.05, 3.63) is 65.7 Å². The summed E-state index contributed by atoms with van der Waals surface area (Å²) in [6, 6.07) is 17.6. The molecule has 0 aliphatic carbocycles. The molecule has 166 valence electrons. The minimum absolute atomic E-state index is 0.160. The fraction of sp³-hybridized carbons (Fsp3) is 0.417. The summed E-state index contributed by atoms with van der Waals surface area (Å²) in [7, 11) is 0. The van der Waals surface area contributed by atoms with Crippen LogP contribution in [0.1, 0.15) is 36.2 Å². The number of quaternary nitrogens is 1. The molecule has 0 unspecified atom stereocenters. The highest BCUT2D eigenvalue weighted by Crippen LogP contribution is 2.12. The van der Waals surface area contributed by atoms with E-state index >= 15 is 0 Å². The normalized spacial score (nSPS) is 14.5. The van der Waals surface area contributed by atoms with Crippen molar-refractivity contribution in [1.82, 2.24) is 10.9 Å². The number of carbonyl (C=O) groups excluding carboxylic acids is 2. The Balaban J connectivity index is 1.33. The van der Waals surface area contributed by atoms with Crippen LogP contribution in [0.2, 0.25) is 0 Å². The topological polar surface area (TPSA) is 75.1 Å². The predicted molar refractivity (Wildman–Crippen MR) is 121 cm³/mol. The Bertz CT molecular complexity index is 832. The molecule has 3 N–H and O–H groups in total. The molecule has 0 spiro atoms. The number of piperazine rings is 1. The van der Waals surface area contributed by atoms with Gasteiger partial charge in [-0.3, -0.25) is 20.4 Å². The number of amides is 2. The number of anilines is 1. The van der Waals surface area contributed by atoms with E-state index in [4.69, 9.17) is 4.74 Å². The smallest absolute Gasteiger partial charge is 0.269 e. The molecule has 1 saturated heterocycles. The highest BCUT2D eigenvalue weighted by Gasteiger charge is 2.20. The third kappa shape index (κ3) is 7.38. The lowest BCUT2D eigenvalue weighted by molar-refractivity contribution is -0.900. The maximum atomic E-state index is 12.2. The van der Waals surface area contributed by atoms with Crippen LogP contribution in [-0.4, -0.2) is 50.6 Å². The summed E-state index contributed by atoms with van der Waals surface area (Å²) in [5, 5.41) is 0. The fourth-order valence-electron chi connectivity index (χ4n) is 3.54. The predicted octanol–water partition coefficient (Wildman–Crippen LogP) is 1.17. The van der Waals surface area contributed by atoms with Crippen molar-refractivity contribution in [2.24, 2.45) is 0 Å². The molecule has 1 aliphatic rings. The second-order valence-corrected chi connectivity index (χ2v) is 8.13. The summed E-state index contributed by atoms with van der Waals surface area (Å²) in [6.07, 6.45) is 0.541. The maximum absolute atomic E-state index is 12.2. The van der Waals surface area contributed by atoms with Gasteiger partial charge in [0.25, 0.3) is 5.91 Å². The maximum Gasteiger partial charge on any atom is 0.269 e. The second kappa shape index (κ2) is 11.5. The number of nitrogens with one attached hydrogen (secondary N) is 3. The summed E-state index contributed by atoms with van der Waals surface area (Å²) < 4.78 is 5.55. The van der Waals surface area contributed by atoms with E-state index in [-0.39, 0.29) is 17.9 Å². The SMILES string of the molecule is CC(C)OCc1ccc(C(=O)NNC(=O)CC[NH+]2CCN(c3ccccc3)CC2)cc1. The van der Waals surface area contributed by atoms with Gasteiger partial charge in [-0.25, -0.2) is 0 Å². The Morgan fingerprint density at radius 1 is 1.00 bits per heavy atom. The third-order valence-corrected chi connectivity index (χ3v) is 5.41. The van der Waals surface area contributed by atoms with Crippen molar-refractivity contribution in [1.29, 1.82) is 0 Å². The lowest BCUT2D eigenvalue weighted by Crippen LogP contribution is -3.15. The van der Waals surface area contributed by atoms with Crippen molar-refractivity contribution >= 4 is 17.5 Å². The number of hydrazine groups is 1. The summed E-state index contributed by atoms with van der Waals surface area (Å²) in [5.74, 6) is -0.498. The van der Waals surface area contributed by atoms with Crippen LogP contribution >= 0.6 is 0 Å². The van der Waals surface area contributed by atoms with Gasteiger partial charge in [-0.1, -0.05) is 30.3 Å². The molecule has 1 aliphatic heterocycles. The van der Waals surface area contributed by atoms with E-state index in [9.17, 15) is 9.59 Å². The molecule has 0 atom stereocenters. The van der Waals surface area contributed by atoms with E-state index in [0.717, 1.165) is 38.3 Å². The first-order valence-electron chi connectivity index (χ1n) is 10.9. The number of ether oxygens (including phenoxy) is 1. The summed E-state index contributed by atoms with van der Waals surface area (Å²) in [6.45, 7) is 9.20. The second-order valence-electron chi connectivity index (χ2n) is 8.13. The van der Waals surface area contributed by atoms with E-state index in [0.29, 0.717) is 18.6 Å². The van der Waals surface area contributed by atoms with Crippen LogP contribution in [-0.2, 0) is 16.1 Å². The lowest BCUT2D eigenvalue weighted by Gasteiger charge is -2.33. The molecule has 7 nitrogen and oxygen atoms in total. The van der Waals surface area contributed by atoms with Gasteiger partial charge < -0.3 is 14.5 Å². The molecule has 0 saturated carbocycles. The van der Waals surface area contributed by atoms with Gasteiger partial charge in [0.05, 0.1) is 51.9 Å². The Kier molecular flexibility index (Phi) is 8.44. The largest absolute Gasteiger partial charge is 0.374 e. The van der Waals surface area contributed by atoms with E-state index in [1.807, 2.05) is 32.0 Å². The van der Waals surface area contributed by atoms with Gasteiger partial charge in [-0.15, -0.1) is 0 Å². The Morgan fingerprint density at radius 2 is 1.68 bits per heavy atom. The van der Waals surface area contributed by atoms with Crippen LogP contribution in [0.5, 0.6) is 0 Å². The summed E-state index contributed by atoms with van der Waals surface area (Å²) >= 11 is 0. The monoisotopic (exact) mass is 425 g/mol. The first kappa shape index (κ1) is 22.8. The number of benzene rings is 2. The molecule has 1 heterocycles. The number of para-hydroxylation sites is 1. The molecule has 31 heavy (non-hydrogen) atoms. The summed E-state index contributed by atoms with van der Waals surface area (Å²) in [5.41, 5.74) is 7.77. The number of nitrogens with zero attached hydrogens (tertiary/aromatic N) is 1. The van der Waals surface area contributed by atoms with Gasteiger partial charge in [0, 0.05) is 11.3 Å². The van der Waals surface area contributed by atoms with Gasteiger partial charge >= 0.3 is 0 Å². The first-order chi connectivity index (χ1) is 15.0. The quantitative estimate of drug-likeness (QED) is 0.555. The standard InChI is InChI=1S/C24H32N4O3/c1-19(2)31-18-20-8-10-21(11-9-20)24(30)26-25-23(29)12-13-27-14-16-28(17-15-27)22-6-4-3-5-7-22/h3-11,19H,12-18H2,1-2H3,(H,25,29)(H,26,30)/p+1. The highest BCUT2D eigenvalue weighted by atomic mass is 16.5. The van der Waals surface area contributed by atoms with Crippen LogP contribution < -0.4 is 20.7 Å². The summed E-state index contributed by atoms with van der Waals surface area (Å²) in [4.78, 5) is 28.2. The fourth-order valence-corrected chi connectivity index (χ4v) is 3.54. The first-order valence-corrected chi connectivity index (χ1v) is 10.9. The van der Waals surface area contributed by atoms with Crippen molar-refractivity contribution < 1.29 is 19.2 Å².